The third kappa shape index (κ3) is 3.13. The number of ether oxygens (including phenoxy) is 2. The lowest BCUT2D eigenvalue weighted by molar-refractivity contribution is -0.132. The molecule has 0 aromatic carbocycles. The highest BCUT2D eigenvalue weighted by Crippen LogP contribution is 2.31. The van der Waals surface area contributed by atoms with Crippen LogP contribution in [0, 0.1) is 28.6 Å². The van der Waals surface area contributed by atoms with E-state index >= 15 is 0 Å². The predicted molar refractivity (Wildman–Crippen MR) is 73.8 cm³/mol. The first-order chi connectivity index (χ1) is 9.59. The van der Waals surface area contributed by atoms with Crippen molar-refractivity contribution in [2.75, 3.05) is 26.4 Å². The lowest BCUT2D eigenvalue weighted by atomic mass is 9.80. The SMILES string of the molecule is CC(C)[C@H]1OCC[C@@H]1CNC(=O)C1(C#N)CCOCC1. The van der Waals surface area contributed by atoms with Gasteiger partial charge in [-0.1, -0.05) is 13.8 Å². The van der Waals surface area contributed by atoms with Crippen molar-refractivity contribution in [3.05, 3.63) is 0 Å². The van der Waals surface area contributed by atoms with Gasteiger partial charge in [-0.2, -0.15) is 5.26 Å². The molecular formula is C15H24N2O3. The van der Waals surface area contributed by atoms with Gasteiger partial charge in [-0.3, -0.25) is 4.79 Å². The summed E-state index contributed by atoms with van der Waals surface area (Å²) in [6.07, 6.45) is 2.17. The second-order valence-electron chi connectivity index (χ2n) is 6.14. The van der Waals surface area contributed by atoms with E-state index in [1.54, 1.807) is 0 Å². The second-order valence-corrected chi connectivity index (χ2v) is 6.14. The fourth-order valence-corrected chi connectivity index (χ4v) is 3.11. The quantitative estimate of drug-likeness (QED) is 0.847. The lowest BCUT2D eigenvalue weighted by Gasteiger charge is -2.30. The van der Waals surface area contributed by atoms with Crippen molar-refractivity contribution in [2.45, 2.75) is 39.2 Å². The van der Waals surface area contributed by atoms with Crippen molar-refractivity contribution in [2.24, 2.45) is 17.3 Å². The number of rotatable bonds is 4. The van der Waals surface area contributed by atoms with Gasteiger partial charge in [0.2, 0.25) is 5.91 Å². The van der Waals surface area contributed by atoms with Crippen molar-refractivity contribution >= 4 is 5.91 Å². The van der Waals surface area contributed by atoms with Crippen LogP contribution in [0.15, 0.2) is 0 Å². The maximum atomic E-state index is 12.4. The Kier molecular flexibility index (Phi) is 5.00. The van der Waals surface area contributed by atoms with E-state index in [1.165, 1.54) is 0 Å². The van der Waals surface area contributed by atoms with E-state index in [9.17, 15) is 10.1 Å². The molecule has 0 unspecified atom stereocenters. The highest BCUT2D eigenvalue weighted by Gasteiger charge is 2.41. The van der Waals surface area contributed by atoms with E-state index in [4.69, 9.17) is 9.47 Å². The maximum Gasteiger partial charge on any atom is 0.240 e. The number of nitriles is 1. The monoisotopic (exact) mass is 280 g/mol. The minimum absolute atomic E-state index is 0.141. The van der Waals surface area contributed by atoms with Gasteiger partial charge in [0.05, 0.1) is 12.2 Å². The van der Waals surface area contributed by atoms with E-state index in [1.807, 2.05) is 0 Å². The van der Waals surface area contributed by atoms with Crippen LogP contribution in [0.3, 0.4) is 0 Å². The normalized spacial score (nSPS) is 29.1. The van der Waals surface area contributed by atoms with Gasteiger partial charge in [0.1, 0.15) is 5.41 Å². The summed E-state index contributed by atoms with van der Waals surface area (Å²) in [6.45, 7) is 6.62. The number of hydrogen-bond donors (Lipinski definition) is 1. The molecule has 2 saturated heterocycles. The van der Waals surface area contributed by atoms with Gasteiger partial charge < -0.3 is 14.8 Å². The lowest BCUT2D eigenvalue weighted by Crippen LogP contribution is -2.46. The van der Waals surface area contributed by atoms with Gasteiger partial charge in [-0.25, -0.2) is 0 Å². The highest BCUT2D eigenvalue weighted by molar-refractivity contribution is 5.85. The predicted octanol–water partition coefficient (Wildman–Crippen LogP) is 1.48. The third-order valence-electron chi connectivity index (χ3n) is 4.44. The van der Waals surface area contributed by atoms with Crippen LogP contribution in [0.4, 0.5) is 0 Å². The molecule has 112 valence electrons. The first kappa shape index (κ1) is 15.3. The Morgan fingerprint density at radius 3 is 2.70 bits per heavy atom. The second kappa shape index (κ2) is 6.55. The molecule has 0 radical (unpaired) electrons. The molecule has 0 aromatic heterocycles. The highest BCUT2D eigenvalue weighted by atomic mass is 16.5. The van der Waals surface area contributed by atoms with Crippen molar-refractivity contribution < 1.29 is 14.3 Å². The largest absolute Gasteiger partial charge is 0.381 e. The number of hydrogen-bond acceptors (Lipinski definition) is 4. The van der Waals surface area contributed by atoms with Crippen LogP contribution in [-0.4, -0.2) is 38.4 Å². The third-order valence-corrected chi connectivity index (χ3v) is 4.44. The number of nitrogens with zero attached hydrogens (tertiary/aromatic N) is 1. The first-order valence-corrected chi connectivity index (χ1v) is 7.48. The smallest absolute Gasteiger partial charge is 0.240 e. The van der Waals surface area contributed by atoms with Crippen molar-refractivity contribution in [3.8, 4) is 6.07 Å². The molecule has 0 saturated carbocycles. The molecule has 2 fully saturated rings. The van der Waals surface area contributed by atoms with Crippen LogP contribution in [0.5, 0.6) is 0 Å². The minimum atomic E-state index is -0.898. The summed E-state index contributed by atoms with van der Waals surface area (Å²) in [7, 11) is 0. The number of carbonyl (C=O) groups excluding carboxylic acids is 1. The molecule has 2 aliphatic heterocycles. The molecule has 1 N–H and O–H groups in total. The molecular weight excluding hydrogens is 256 g/mol. The van der Waals surface area contributed by atoms with Crippen LogP contribution in [0.25, 0.3) is 0 Å². The summed E-state index contributed by atoms with van der Waals surface area (Å²) in [6, 6.07) is 2.20. The molecule has 0 aliphatic carbocycles. The molecule has 1 amide bonds. The maximum absolute atomic E-state index is 12.4. The van der Waals surface area contributed by atoms with Crippen LogP contribution < -0.4 is 5.32 Å². The van der Waals surface area contributed by atoms with Gasteiger partial charge >= 0.3 is 0 Å². The van der Waals surface area contributed by atoms with Crippen LogP contribution in [0.2, 0.25) is 0 Å². The fourth-order valence-electron chi connectivity index (χ4n) is 3.11. The Balaban J connectivity index is 1.90. The van der Waals surface area contributed by atoms with Crippen LogP contribution >= 0.6 is 0 Å². The van der Waals surface area contributed by atoms with E-state index < -0.39 is 5.41 Å². The van der Waals surface area contributed by atoms with E-state index in [-0.39, 0.29) is 12.0 Å². The molecule has 2 heterocycles. The zero-order valence-electron chi connectivity index (χ0n) is 12.4. The molecule has 2 rings (SSSR count). The molecule has 2 atom stereocenters. The molecule has 2 aliphatic rings. The van der Waals surface area contributed by atoms with Gasteiger partial charge in [0.25, 0.3) is 0 Å². The van der Waals surface area contributed by atoms with Crippen LogP contribution in [-0.2, 0) is 14.3 Å². The molecule has 0 aromatic rings. The minimum Gasteiger partial charge on any atom is -0.381 e. The Labute approximate surface area is 120 Å². The summed E-state index contributed by atoms with van der Waals surface area (Å²) in [5, 5.41) is 12.3. The number of carbonyl (C=O) groups is 1. The number of nitrogens with one attached hydrogen (secondary N) is 1. The summed E-state index contributed by atoms with van der Waals surface area (Å²) in [4.78, 5) is 12.4. The standard InChI is InChI=1S/C15H24N2O3/c1-11(2)13-12(3-6-20-13)9-17-14(18)15(10-16)4-7-19-8-5-15/h11-13H,3-9H2,1-2H3,(H,17,18)/t12-,13-/m1/s1. The van der Waals surface area contributed by atoms with Gasteiger partial charge in [0, 0.05) is 32.3 Å². The summed E-state index contributed by atoms with van der Waals surface area (Å²) >= 11 is 0. The molecule has 20 heavy (non-hydrogen) atoms. The van der Waals surface area contributed by atoms with Gasteiger partial charge in [-0.15, -0.1) is 0 Å². The van der Waals surface area contributed by atoms with Crippen molar-refractivity contribution in [1.29, 1.82) is 5.26 Å². The molecule has 0 bridgehead atoms. The average Bonchev–Trinajstić information content (AvgIpc) is 2.94. The summed E-state index contributed by atoms with van der Waals surface area (Å²) < 4.78 is 11.0. The van der Waals surface area contributed by atoms with Crippen LogP contribution in [0.1, 0.15) is 33.1 Å². The van der Waals surface area contributed by atoms with E-state index in [2.05, 4.69) is 25.2 Å². The molecule has 5 nitrogen and oxygen atoms in total. The molecule has 5 heteroatoms. The molecule has 0 spiro atoms. The Morgan fingerprint density at radius 1 is 1.40 bits per heavy atom. The fraction of sp³-hybridized carbons (Fsp3) is 0.867. The average molecular weight is 280 g/mol. The summed E-state index contributed by atoms with van der Waals surface area (Å²) in [5.41, 5.74) is -0.898. The Hall–Kier alpha value is -1.12. The Morgan fingerprint density at radius 2 is 2.10 bits per heavy atom. The number of amides is 1. The topological polar surface area (TPSA) is 71.3 Å². The van der Waals surface area contributed by atoms with Gasteiger partial charge in [0.15, 0.2) is 0 Å². The van der Waals surface area contributed by atoms with Crippen molar-refractivity contribution in [1.82, 2.24) is 5.32 Å². The Bertz CT molecular complexity index is 383. The van der Waals surface area contributed by atoms with E-state index in [0.717, 1.165) is 13.0 Å². The zero-order valence-corrected chi connectivity index (χ0v) is 12.4. The summed E-state index contributed by atoms with van der Waals surface area (Å²) in [5.74, 6) is 0.666. The van der Waals surface area contributed by atoms with E-state index in [0.29, 0.717) is 44.4 Å². The first-order valence-electron chi connectivity index (χ1n) is 7.48. The zero-order chi connectivity index (χ0) is 14.6. The van der Waals surface area contributed by atoms with Crippen molar-refractivity contribution in [3.63, 3.8) is 0 Å². The van der Waals surface area contributed by atoms with Gasteiger partial charge in [-0.05, 0) is 25.2 Å².